The monoisotopic (exact) mass is 486 g/mol. The first-order chi connectivity index (χ1) is 15.9. The fourth-order valence-corrected chi connectivity index (χ4v) is 5.96. The van der Waals surface area contributed by atoms with E-state index in [1.54, 1.807) is 52.1 Å². The van der Waals surface area contributed by atoms with Crippen LogP contribution in [0.15, 0.2) is 39.9 Å². The van der Waals surface area contributed by atoms with Crippen LogP contribution in [0.2, 0.25) is 0 Å². The minimum atomic E-state index is -3.95. The number of sulfonamides is 1. The molecule has 0 bridgehead atoms. The molecule has 0 spiro atoms. The van der Waals surface area contributed by atoms with Crippen LogP contribution >= 0.6 is 0 Å². The number of carbonyl (C=O) groups is 1. The smallest absolute Gasteiger partial charge is 0.407 e. The number of fused-ring (bicyclic) bond motifs is 1. The molecule has 1 fully saturated rings. The summed E-state index contributed by atoms with van der Waals surface area (Å²) in [5.74, 6) is 0.599. The summed E-state index contributed by atoms with van der Waals surface area (Å²) in [5.41, 5.74) is 1.99. The van der Waals surface area contributed by atoms with Gasteiger partial charge in [0.15, 0.2) is 0 Å². The molecule has 0 aliphatic heterocycles. The fraction of sp³-hybridized carbons (Fsp3) is 0.458. The first-order valence-corrected chi connectivity index (χ1v) is 12.8. The number of rotatable bonds is 5. The highest BCUT2D eigenvalue weighted by atomic mass is 32.2. The van der Waals surface area contributed by atoms with Gasteiger partial charge in [-0.1, -0.05) is 5.16 Å². The third-order valence-electron chi connectivity index (χ3n) is 5.82. The van der Waals surface area contributed by atoms with Crippen LogP contribution in [0.1, 0.15) is 51.5 Å². The van der Waals surface area contributed by atoms with Crippen LogP contribution in [0.5, 0.6) is 0 Å². The summed E-state index contributed by atoms with van der Waals surface area (Å²) >= 11 is 0. The highest BCUT2D eigenvalue weighted by Gasteiger charge is 2.34. The number of benzene rings is 1. The Morgan fingerprint density at radius 3 is 2.59 bits per heavy atom. The lowest BCUT2D eigenvalue weighted by atomic mass is 10.0. The number of nitrogens with one attached hydrogen (secondary N) is 2. The first-order valence-electron chi connectivity index (χ1n) is 11.3. The van der Waals surface area contributed by atoms with Crippen molar-refractivity contribution in [3.8, 4) is 11.1 Å². The Morgan fingerprint density at radius 1 is 1.18 bits per heavy atom. The van der Waals surface area contributed by atoms with E-state index in [1.807, 2.05) is 13.0 Å². The number of aromatic nitrogens is 2. The van der Waals surface area contributed by atoms with Crippen molar-refractivity contribution in [2.24, 2.45) is 0 Å². The summed E-state index contributed by atoms with van der Waals surface area (Å²) < 4.78 is 40.7. The largest absolute Gasteiger partial charge is 0.444 e. The number of pyridine rings is 1. The van der Waals surface area contributed by atoms with Gasteiger partial charge in [-0.3, -0.25) is 4.98 Å². The summed E-state index contributed by atoms with van der Waals surface area (Å²) in [5, 5.41) is 7.34. The van der Waals surface area contributed by atoms with Crippen molar-refractivity contribution in [2.45, 2.75) is 76.5 Å². The number of alkyl carbamates (subject to hydrolysis) is 1. The van der Waals surface area contributed by atoms with Gasteiger partial charge >= 0.3 is 6.09 Å². The number of nitrogens with zero attached hydrogens (tertiary/aromatic N) is 2. The molecule has 3 aromatic rings. The van der Waals surface area contributed by atoms with Crippen molar-refractivity contribution in [3.05, 3.63) is 41.9 Å². The molecule has 1 aliphatic carbocycles. The molecule has 2 heterocycles. The predicted molar refractivity (Wildman–Crippen MR) is 128 cm³/mol. The van der Waals surface area contributed by atoms with Crippen molar-refractivity contribution in [2.75, 3.05) is 0 Å². The Balaban J connectivity index is 1.67. The maximum atomic E-state index is 13.6. The van der Waals surface area contributed by atoms with Gasteiger partial charge in [0.25, 0.3) is 0 Å². The van der Waals surface area contributed by atoms with Crippen molar-refractivity contribution in [1.29, 1.82) is 0 Å². The van der Waals surface area contributed by atoms with Gasteiger partial charge < -0.3 is 14.6 Å². The maximum absolute atomic E-state index is 13.6. The molecule has 2 N–H and O–H groups in total. The van der Waals surface area contributed by atoms with Gasteiger partial charge in [0.2, 0.25) is 10.0 Å². The zero-order chi connectivity index (χ0) is 24.7. The van der Waals surface area contributed by atoms with Gasteiger partial charge in [-0.2, -0.15) is 0 Å². The number of aryl methyl sites for hydroxylation is 2. The lowest BCUT2D eigenvalue weighted by molar-refractivity contribution is 0.0500. The molecule has 2 unspecified atom stereocenters. The van der Waals surface area contributed by atoms with Crippen LogP contribution in [0, 0.1) is 13.8 Å². The molecule has 1 amide bonds. The highest BCUT2D eigenvalue weighted by Crippen LogP contribution is 2.33. The predicted octanol–water partition coefficient (Wildman–Crippen LogP) is 4.23. The fourth-order valence-electron chi connectivity index (χ4n) is 4.41. The quantitative estimate of drug-likeness (QED) is 0.553. The van der Waals surface area contributed by atoms with E-state index in [0.29, 0.717) is 40.8 Å². The highest BCUT2D eigenvalue weighted by molar-refractivity contribution is 7.89. The minimum absolute atomic E-state index is 0.121. The number of amides is 1. The lowest BCUT2D eigenvalue weighted by Gasteiger charge is -2.25. The molecule has 4 rings (SSSR count). The summed E-state index contributed by atoms with van der Waals surface area (Å²) in [7, 11) is -3.95. The van der Waals surface area contributed by atoms with E-state index in [-0.39, 0.29) is 10.9 Å². The average molecular weight is 487 g/mol. The molecular weight excluding hydrogens is 456 g/mol. The van der Waals surface area contributed by atoms with E-state index in [0.717, 1.165) is 12.0 Å². The van der Waals surface area contributed by atoms with E-state index < -0.39 is 27.8 Å². The van der Waals surface area contributed by atoms with Crippen LogP contribution in [0.4, 0.5) is 4.79 Å². The summed E-state index contributed by atoms with van der Waals surface area (Å²) in [6.45, 7) is 8.95. The van der Waals surface area contributed by atoms with Gasteiger partial charge in [0, 0.05) is 29.2 Å². The Morgan fingerprint density at radius 2 is 1.91 bits per heavy atom. The zero-order valence-electron chi connectivity index (χ0n) is 20.0. The third-order valence-corrected chi connectivity index (χ3v) is 7.35. The molecule has 9 nitrogen and oxygen atoms in total. The van der Waals surface area contributed by atoms with Gasteiger partial charge in [0.05, 0.1) is 16.1 Å². The van der Waals surface area contributed by atoms with Gasteiger partial charge in [0.1, 0.15) is 11.4 Å². The molecule has 1 saturated carbocycles. The van der Waals surface area contributed by atoms with E-state index >= 15 is 0 Å². The summed E-state index contributed by atoms with van der Waals surface area (Å²) in [6, 6.07) is 6.10. The Labute approximate surface area is 199 Å². The Bertz CT molecular complexity index is 1310. The van der Waals surface area contributed by atoms with Gasteiger partial charge in [-0.05, 0) is 83.7 Å². The molecule has 182 valence electrons. The molecule has 10 heteroatoms. The van der Waals surface area contributed by atoms with Crippen LogP contribution in [-0.4, -0.2) is 42.3 Å². The normalized spacial score (nSPS) is 18.9. The second kappa shape index (κ2) is 8.99. The number of ether oxygens (including phenoxy) is 1. The van der Waals surface area contributed by atoms with Crippen molar-refractivity contribution < 1.29 is 22.5 Å². The van der Waals surface area contributed by atoms with Gasteiger partial charge in [-0.15, -0.1) is 0 Å². The molecule has 0 radical (unpaired) electrons. The minimum Gasteiger partial charge on any atom is -0.444 e. The molecule has 34 heavy (non-hydrogen) atoms. The molecule has 2 aromatic heterocycles. The second-order valence-corrected chi connectivity index (χ2v) is 11.3. The molecule has 1 aromatic carbocycles. The molecule has 2 atom stereocenters. The van der Waals surface area contributed by atoms with Gasteiger partial charge in [-0.25, -0.2) is 17.9 Å². The molecular formula is C24H30N4O5S. The third kappa shape index (κ3) is 5.07. The second-order valence-electron chi connectivity index (χ2n) is 9.66. The van der Waals surface area contributed by atoms with E-state index in [2.05, 4.69) is 20.2 Å². The number of hydrogen-bond donors (Lipinski definition) is 2. The zero-order valence-corrected chi connectivity index (χ0v) is 20.8. The maximum Gasteiger partial charge on any atom is 0.407 e. The SMILES string of the molecule is Cc1noc(C)c1-c1cc(S(=O)(=O)NC2CCCC2NC(=O)OC(C)(C)C)c2cccnc2c1. The standard InChI is InChI=1S/C24H30N4O5S/c1-14-22(15(2)33-27-14)16-12-20-17(8-7-11-25-20)21(13-16)34(30,31)28-19-10-6-9-18(19)26-23(29)32-24(3,4)5/h7-8,11-13,18-19,28H,6,9-10H2,1-5H3,(H,26,29). The van der Waals surface area contributed by atoms with Crippen LogP contribution in [-0.2, 0) is 14.8 Å². The lowest BCUT2D eigenvalue weighted by Crippen LogP contribution is -2.49. The number of hydrogen-bond acceptors (Lipinski definition) is 7. The van der Waals surface area contributed by atoms with Crippen LogP contribution < -0.4 is 10.0 Å². The van der Waals surface area contributed by atoms with Crippen LogP contribution in [0.3, 0.4) is 0 Å². The van der Waals surface area contributed by atoms with Crippen molar-refractivity contribution in [3.63, 3.8) is 0 Å². The van der Waals surface area contributed by atoms with Crippen molar-refractivity contribution >= 4 is 27.0 Å². The van der Waals surface area contributed by atoms with E-state index in [4.69, 9.17) is 9.26 Å². The van der Waals surface area contributed by atoms with Crippen LogP contribution in [0.25, 0.3) is 22.0 Å². The van der Waals surface area contributed by atoms with Crippen molar-refractivity contribution in [1.82, 2.24) is 20.2 Å². The Hall–Kier alpha value is -2.98. The summed E-state index contributed by atoms with van der Waals surface area (Å²) in [4.78, 5) is 16.8. The first kappa shape index (κ1) is 24.2. The Kier molecular flexibility index (Phi) is 6.39. The topological polar surface area (TPSA) is 123 Å². The molecule has 0 saturated heterocycles. The van der Waals surface area contributed by atoms with E-state index in [9.17, 15) is 13.2 Å². The van der Waals surface area contributed by atoms with E-state index in [1.165, 1.54) is 0 Å². The average Bonchev–Trinajstić information content (AvgIpc) is 3.30. The number of carbonyl (C=O) groups excluding carboxylic acids is 1. The molecule has 1 aliphatic rings. The summed E-state index contributed by atoms with van der Waals surface area (Å²) in [6.07, 6.45) is 3.13.